The second-order valence-electron chi connectivity index (χ2n) is 4.56. The Balaban J connectivity index is 2.09. The van der Waals surface area contributed by atoms with Gasteiger partial charge in [-0.1, -0.05) is 11.6 Å². The van der Waals surface area contributed by atoms with Crippen LogP contribution in [0.1, 0.15) is 31.3 Å². The molecule has 0 aliphatic heterocycles. The predicted molar refractivity (Wildman–Crippen MR) is 77.2 cm³/mol. The van der Waals surface area contributed by atoms with E-state index in [4.69, 9.17) is 27.5 Å². The van der Waals surface area contributed by atoms with Crippen LogP contribution < -0.4 is 10.5 Å². The molecular formula is C13H16ClN5O. The highest BCUT2D eigenvalue weighted by atomic mass is 35.5. The van der Waals surface area contributed by atoms with E-state index in [9.17, 15) is 0 Å². The van der Waals surface area contributed by atoms with Crippen molar-refractivity contribution >= 4 is 17.4 Å². The summed E-state index contributed by atoms with van der Waals surface area (Å²) in [5.74, 6) is 1.27. The monoisotopic (exact) mass is 293 g/mol. The maximum atomic E-state index is 7.37. The molecule has 7 heteroatoms. The third-order valence-electron chi connectivity index (χ3n) is 2.74. The zero-order chi connectivity index (χ0) is 14.7. The van der Waals surface area contributed by atoms with Crippen molar-refractivity contribution in [1.82, 2.24) is 14.8 Å². The number of amidine groups is 1. The van der Waals surface area contributed by atoms with Gasteiger partial charge in [0.25, 0.3) is 0 Å². The van der Waals surface area contributed by atoms with E-state index >= 15 is 0 Å². The summed E-state index contributed by atoms with van der Waals surface area (Å²) < 4.78 is 7.43. The third-order valence-corrected chi connectivity index (χ3v) is 3.05. The summed E-state index contributed by atoms with van der Waals surface area (Å²) in [6, 6.07) is 5.24. The Morgan fingerprint density at radius 2 is 2.25 bits per heavy atom. The Hall–Kier alpha value is -2.08. The SMILES string of the molecule is CC(C)n1ncnc1COc1ccc(C(=N)N)c(Cl)c1. The van der Waals surface area contributed by atoms with E-state index in [0.29, 0.717) is 22.9 Å². The average Bonchev–Trinajstić information content (AvgIpc) is 2.84. The number of nitrogens with zero attached hydrogens (tertiary/aromatic N) is 3. The number of nitrogens with one attached hydrogen (secondary N) is 1. The van der Waals surface area contributed by atoms with Gasteiger partial charge in [0.05, 0.1) is 5.02 Å². The molecule has 2 rings (SSSR count). The van der Waals surface area contributed by atoms with Crippen LogP contribution in [0, 0.1) is 5.41 Å². The first-order valence-corrected chi connectivity index (χ1v) is 6.52. The van der Waals surface area contributed by atoms with E-state index in [2.05, 4.69) is 10.1 Å². The van der Waals surface area contributed by atoms with Crippen LogP contribution in [0.4, 0.5) is 0 Å². The molecule has 0 unspecified atom stereocenters. The molecule has 3 N–H and O–H groups in total. The summed E-state index contributed by atoms with van der Waals surface area (Å²) in [5, 5.41) is 11.9. The fraction of sp³-hybridized carbons (Fsp3) is 0.308. The summed E-state index contributed by atoms with van der Waals surface area (Å²) in [7, 11) is 0. The van der Waals surface area contributed by atoms with Gasteiger partial charge in [-0.2, -0.15) is 5.10 Å². The van der Waals surface area contributed by atoms with Crippen LogP contribution in [0.2, 0.25) is 5.02 Å². The molecule has 1 heterocycles. The van der Waals surface area contributed by atoms with Crippen molar-refractivity contribution in [3.05, 3.63) is 40.9 Å². The fourth-order valence-electron chi connectivity index (χ4n) is 1.76. The van der Waals surface area contributed by atoms with Crippen molar-refractivity contribution in [1.29, 1.82) is 5.41 Å². The second-order valence-corrected chi connectivity index (χ2v) is 4.97. The van der Waals surface area contributed by atoms with Gasteiger partial charge < -0.3 is 10.5 Å². The van der Waals surface area contributed by atoms with Gasteiger partial charge in [0, 0.05) is 11.6 Å². The lowest BCUT2D eigenvalue weighted by molar-refractivity contribution is 0.282. The fourth-order valence-corrected chi connectivity index (χ4v) is 2.03. The Bertz CT molecular complexity index is 623. The predicted octanol–water partition coefficient (Wildman–Crippen LogP) is 2.38. The molecule has 106 valence electrons. The van der Waals surface area contributed by atoms with E-state index in [0.717, 1.165) is 5.82 Å². The number of nitrogen functional groups attached to an aromatic ring is 1. The molecule has 1 aromatic carbocycles. The van der Waals surface area contributed by atoms with Crippen molar-refractivity contribution in [3.63, 3.8) is 0 Å². The third kappa shape index (κ3) is 3.08. The molecule has 1 aromatic heterocycles. The summed E-state index contributed by atoms with van der Waals surface area (Å²) in [6.45, 7) is 4.35. The first kappa shape index (κ1) is 14.3. The smallest absolute Gasteiger partial charge is 0.165 e. The summed E-state index contributed by atoms with van der Waals surface area (Å²) in [6.07, 6.45) is 1.50. The van der Waals surface area contributed by atoms with Gasteiger partial charge in [-0.15, -0.1) is 0 Å². The van der Waals surface area contributed by atoms with E-state index in [1.807, 2.05) is 13.8 Å². The van der Waals surface area contributed by atoms with Gasteiger partial charge in [0.1, 0.15) is 24.5 Å². The van der Waals surface area contributed by atoms with Crippen molar-refractivity contribution < 1.29 is 4.74 Å². The summed E-state index contributed by atoms with van der Waals surface area (Å²) in [4.78, 5) is 4.16. The van der Waals surface area contributed by atoms with Crippen molar-refractivity contribution in [2.45, 2.75) is 26.5 Å². The van der Waals surface area contributed by atoms with Crippen molar-refractivity contribution in [2.24, 2.45) is 5.73 Å². The zero-order valence-corrected chi connectivity index (χ0v) is 12.1. The lowest BCUT2D eigenvalue weighted by atomic mass is 10.2. The van der Waals surface area contributed by atoms with E-state index < -0.39 is 0 Å². The minimum Gasteiger partial charge on any atom is -0.486 e. The summed E-state index contributed by atoms with van der Waals surface area (Å²) >= 11 is 6.03. The topological polar surface area (TPSA) is 89.8 Å². The van der Waals surface area contributed by atoms with Gasteiger partial charge >= 0.3 is 0 Å². The molecule has 6 nitrogen and oxygen atoms in total. The van der Waals surface area contributed by atoms with Crippen LogP contribution in [0.5, 0.6) is 5.75 Å². The highest BCUT2D eigenvalue weighted by molar-refractivity contribution is 6.34. The quantitative estimate of drug-likeness (QED) is 0.654. The number of hydrogen-bond donors (Lipinski definition) is 2. The molecule has 0 aliphatic carbocycles. The van der Waals surface area contributed by atoms with E-state index in [1.165, 1.54) is 6.33 Å². The maximum Gasteiger partial charge on any atom is 0.165 e. The molecule has 20 heavy (non-hydrogen) atoms. The maximum absolute atomic E-state index is 7.37. The number of ether oxygens (including phenoxy) is 1. The normalized spacial score (nSPS) is 10.8. The molecule has 0 fully saturated rings. The molecule has 0 aliphatic rings. The minimum atomic E-state index is -0.0684. The van der Waals surface area contributed by atoms with Crippen LogP contribution >= 0.6 is 11.6 Å². The van der Waals surface area contributed by atoms with Gasteiger partial charge in [0.15, 0.2) is 5.82 Å². The van der Waals surface area contributed by atoms with Gasteiger partial charge in [-0.05, 0) is 32.0 Å². The molecule has 0 spiro atoms. The van der Waals surface area contributed by atoms with Gasteiger partial charge in [-0.3, -0.25) is 5.41 Å². The number of halogens is 1. The number of rotatable bonds is 5. The Labute approximate surface area is 122 Å². The molecule has 0 saturated heterocycles. The molecular weight excluding hydrogens is 278 g/mol. The Morgan fingerprint density at radius 1 is 1.50 bits per heavy atom. The molecule has 0 bridgehead atoms. The van der Waals surface area contributed by atoms with Crippen LogP contribution in [-0.4, -0.2) is 20.6 Å². The minimum absolute atomic E-state index is 0.0684. The Morgan fingerprint density at radius 3 is 2.85 bits per heavy atom. The van der Waals surface area contributed by atoms with Gasteiger partial charge in [0.2, 0.25) is 0 Å². The number of benzene rings is 1. The van der Waals surface area contributed by atoms with Crippen LogP contribution in [0.15, 0.2) is 24.5 Å². The highest BCUT2D eigenvalue weighted by Gasteiger charge is 2.09. The molecule has 2 aromatic rings. The molecule has 0 saturated carbocycles. The van der Waals surface area contributed by atoms with E-state index in [1.54, 1.807) is 22.9 Å². The molecule has 0 amide bonds. The average molecular weight is 294 g/mol. The first-order chi connectivity index (χ1) is 9.49. The number of aromatic nitrogens is 3. The zero-order valence-electron chi connectivity index (χ0n) is 11.3. The lowest BCUT2D eigenvalue weighted by Gasteiger charge is -2.11. The number of nitrogens with two attached hydrogens (primary N) is 1. The van der Waals surface area contributed by atoms with Crippen LogP contribution in [0.25, 0.3) is 0 Å². The lowest BCUT2D eigenvalue weighted by Crippen LogP contribution is -2.12. The summed E-state index contributed by atoms with van der Waals surface area (Å²) in [5.41, 5.74) is 5.90. The standard InChI is InChI=1S/C13H16ClN5O/c1-8(2)19-12(17-7-18-19)6-20-9-3-4-10(13(15)16)11(14)5-9/h3-5,7-8H,6H2,1-2H3,(H3,15,16). The molecule has 0 radical (unpaired) electrons. The first-order valence-electron chi connectivity index (χ1n) is 6.14. The van der Waals surface area contributed by atoms with Crippen molar-refractivity contribution in [3.8, 4) is 5.75 Å². The van der Waals surface area contributed by atoms with Crippen molar-refractivity contribution in [2.75, 3.05) is 0 Å². The van der Waals surface area contributed by atoms with Crippen LogP contribution in [-0.2, 0) is 6.61 Å². The largest absolute Gasteiger partial charge is 0.486 e. The Kier molecular flexibility index (Phi) is 4.24. The highest BCUT2D eigenvalue weighted by Crippen LogP contribution is 2.23. The number of hydrogen-bond acceptors (Lipinski definition) is 4. The molecule has 0 atom stereocenters. The van der Waals surface area contributed by atoms with Gasteiger partial charge in [-0.25, -0.2) is 9.67 Å². The second kappa shape index (κ2) is 5.92. The van der Waals surface area contributed by atoms with E-state index in [-0.39, 0.29) is 11.9 Å². The van der Waals surface area contributed by atoms with Crippen LogP contribution in [0.3, 0.4) is 0 Å².